The van der Waals surface area contributed by atoms with Gasteiger partial charge < -0.3 is 10.6 Å². The van der Waals surface area contributed by atoms with Gasteiger partial charge in [0.15, 0.2) is 9.84 Å². The number of benzene rings is 2. The summed E-state index contributed by atoms with van der Waals surface area (Å²) in [4.78, 5) is 12.8. The molecule has 4 rings (SSSR count). The minimum absolute atomic E-state index is 0.00267. The van der Waals surface area contributed by atoms with E-state index < -0.39 is 21.4 Å². The van der Waals surface area contributed by atoms with Gasteiger partial charge in [0.05, 0.1) is 22.1 Å². The number of nitrogens with one attached hydrogen (secondary N) is 2. The highest BCUT2D eigenvalue weighted by molar-refractivity contribution is 7.90. The fraction of sp³-hybridized carbons (Fsp3) is 0.375. The maximum absolute atomic E-state index is 12.8. The van der Waals surface area contributed by atoms with Crippen molar-refractivity contribution in [1.29, 1.82) is 10.5 Å². The number of nitrogens with zero attached hydrogens (tertiary/aromatic N) is 2. The van der Waals surface area contributed by atoms with Crippen LogP contribution in [0.15, 0.2) is 47.4 Å². The van der Waals surface area contributed by atoms with E-state index >= 15 is 0 Å². The van der Waals surface area contributed by atoms with Crippen molar-refractivity contribution >= 4 is 15.7 Å². The smallest absolute Gasteiger partial charge is 0.241 e. The predicted molar refractivity (Wildman–Crippen MR) is 119 cm³/mol. The molecule has 164 valence electrons. The van der Waals surface area contributed by atoms with Gasteiger partial charge in [0, 0.05) is 12.7 Å². The van der Waals surface area contributed by atoms with Crippen LogP contribution < -0.4 is 10.6 Å². The Morgan fingerprint density at radius 1 is 1.22 bits per heavy atom. The Kier molecular flexibility index (Phi) is 5.77. The third kappa shape index (κ3) is 4.25. The quantitative estimate of drug-likeness (QED) is 0.699. The van der Waals surface area contributed by atoms with Crippen LogP contribution in [0.1, 0.15) is 30.4 Å². The van der Waals surface area contributed by atoms with Crippen molar-refractivity contribution in [2.24, 2.45) is 5.92 Å². The summed E-state index contributed by atoms with van der Waals surface area (Å²) in [6.45, 7) is 0.864. The van der Waals surface area contributed by atoms with E-state index in [1.807, 2.05) is 30.3 Å². The van der Waals surface area contributed by atoms with Gasteiger partial charge in [-0.3, -0.25) is 4.79 Å². The number of sulfone groups is 1. The summed E-state index contributed by atoms with van der Waals surface area (Å²) in [7, 11) is -3.53. The van der Waals surface area contributed by atoms with Crippen LogP contribution in [0.4, 0.5) is 0 Å². The molecular formula is C24H24N4O3S. The molecule has 0 radical (unpaired) electrons. The number of hydrogen-bond donors (Lipinski definition) is 2. The standard InChI is InChI=1S/C24H24N4O3S/c1-32(30,31)22-11-19(6-7-20(22)13-25)18-4-2-16(3-5-18)10-21(14-26)28-23(29)24-9-8-17(12-24)15-27-24/h2-7,11,17,21,27H,8-10,12,15H2,1H3,(H,28,29)/t17-,21+,24-/m1/s1. The molecule has 1 aliphatic carbocycles. The molecule has 2 aromatic carbocycles. The van der Waals surface area contributed by atoms with E-state index in [1.165, 1.54) is 12.1 Å². The van der Waals surface area contributed by atoms with Crippen LogP contribution in [0.5, 0.6) is 0 Å². The molecule has 1 saturated heterocycles. The first-order valence-electron chi connectivity index (χ1n) is 10.5. The van der Waals surface area contributed by atoms with E-state index in [-0.39, 0.29) is 16.4 Å². The monoisotopic (exact) mass is 448 g/mol. The minimum atomic E-state index is -3.53. The summed E-state index contributed by atoms with van der Waals surface area (Å²) in [5, 5.41) is 25.0. The third-order valence-corrected chi connectivity index (χ3v) is 7.61. The van der Waals surface area contributed by atoms with E-state index in [1.54, 1.807) is 6.07 Å². The van der Waals surface area contributed by atoms with Crippen LogP contribution >= 0.6 is 0 Å². The largest absolute Gasteiger partial charge is 0.338 e. The molecule has 0 unspecified atom stereocenters. The second-order valence-electron chi connectivity index (χ2n) is 8.72. The van der Waals surface area contributed by atoms with E-state index in [0.717, 1.165) is 43.2 Å². The molecule has 0 spiro atoms. The van der Waals surface area contributed by atoms with Crippen molar-refractivity contribution in [3.05, 3.63) is 53.6 Å². The molecule has 2 N–H and O–H groups in total. The van der Waals surface area contributed by atoms with Crippen molar-refractivity contribution in [1.82, 2.24) is 10.6 Å². The molecule has 32 heavy (non-hydrogen) atoms. The van der Waals surface area contributed by atoms with Crippen LogP contribution in [0, 0.1) is 28.6 Å². The molecule has 2 aromatic rings. The Morgan fingerprint density at radius 2 is 1.94 bits per heavy atom. The number of nitriles is 2. The Labute approximate surface area is 188 Å². The number of piperidine rings is 1. The zero-order chi connectivity index (χ0) is 22.9. The molecule has 3 atom stereocenters. The highest BCUT2D eigenvalue weighted by atomic mass is 32.2. The van der Waals surface area contributed by atoms with Crippen LogP contribution in [0.2, 0.25) is 0 Å². The van der Waals surface area contributed by atoms with Gasteiger partial charge in [-0.1, -0.05) is 30.3 Å². The number of carbonyl (C=O) groups excluding carboxylic acids is 1. The van der Waals surface area contributed by atoms with E-state index in [4.69, 9.17) is 0 Å². The Balaban J connectivity index is 1.47. The summed E-state index contributed by atoms with van der Waals surface area (Å²) in [6, 6.07) is 15.6. The maximum atomic E-state index is 12.8. The highest BCUT2D eigenvalue weighted by Gasteiger charge is 2.50. The van der Waals surface area contributed by atoms with Crippen molar-refractivity contribution in [2.75, 3.05) is 12.8 Å². The van der Waals surface area contributed by atoms with Gasteiger partial charge in [-0.15, -0.1) is 0 Å². The average Bonchev–Trinajstić information content (AvgIpc) is 3.41. The van der Waals surface area contributed by atoms with Gasteiger partial charge in [0.25, 0.3) is 0 Å². The summed E-state index contributed by atoms with van der Waals surface area (Å²) < 4.78 is 24.0. The molecule has 2 bridgehead atoms. The zero-order valence-electron chi connectivity index (χ0n) is 17.8. The molecule has 0 aromatic heterocycles. The number of hydrogen-bond acceptors (Lipinski definition) is 6. The SMILES string of the molecule is CS(=O)(=O)c1cc(-c2ccc(C[C@@H](C#N)NC(=O)[C@]34CC[C@@H](CN3)C4)cc2)ccc1C#N. The molecule has 7 nitrogen and oxygen atoms in total. The molecule has 1 aliphatic heterocycles. The molecule has 1 saturated carbocycles. The topological polar surface area (TPSA) is 123 Å². The minimum Gasteiger partial charge on any atom is -0.338 e. The number of carbonyl (C=O) groups is 1. The Morgan fingerprint density at radius 3 is 2.47 bits per heavy atom. The number of fused-ring (bicyclic) bond motifs is 2. The first-order valence-corrected chi connectivity index (χ1v) is 12.4. The van der Waals surface area contributed by atoms with Crippen molar-refractivity contribution < 1.29 is 13.2 Å². The molecule has 2 fully saturated rings. The lowest BCUT2D eigenvalue weighted by Gasteiger charge is -2.27. The zero-order valence-corrected chi connectivity index (χ0v) is 18.6. The summed E-state index contributed by atoms with van der Waals surface area (Å²) in [5.41, 5.74) is 1.97. The first kappa shape index (κ1) is 22.0. The fourth-order valence-corrected chi connectivity index (χ4v) is 5.56. The van der Waals surface area contributed by atoms with Gasteiger partial charge in [-0.2, -0.15) is 10.5 Å². The van der Waals surface area contributed by atoms with Gasteiger partial charge in [0.2, 0.25) is 5.91 Å². The third-order valence-electron chi connectivity index (χ3n) is 6.47. The second-order valence-corrected chi connectivity index (χ2v) is 10.7. The lowest BCUT2D eigenvalue weighted by Crippen LogP contribution is -2.55. The maximum Gasteiger partial charge on any atom is 0.241 e. The Hall–Kier alpha value is -3.20. The van der Waals surface area contributed by atoms with Gasteiger partial charge in [-0.25, -0.2) is 8.42 Å². The first-order chi connectivity index (χ1) is 15.2. The van der Waals surface area contributed by atoms with Gasteiger partial charge in [-0.05, 0) is 60.5 Å². The van der Waals surface area contributed by atoms with Crippen molar-refractivity contribution in [2.45, 2.75) is 42.2 Å². The number of rotatable bonds is 6. The lowest BCUT2D eigenvalue weighted by molar-refractivity contribution is -0.127. The highest BCUT2D eigenvalue weighted by Crippen LogP contribution is 2.40. The number of amides is 1. The van der Waals surface area contributed by atoms with Crippen LogP contribution in [0.25, 0.3) is 11.1 Å². The summed E-state index contributed by atoms with van der Waals surface area (Å²) in [6.07, 6.45) is 4.17. The molecule has 1 amide bonds. The van der Waals surface area contributed by atoms with Crippen LogP contribution in [-0.4, -0.2) is 38.7 Å². The van der Waals surface area contributed by atoms with Crippen LogP contribution in [-0.2, 0) is 21.1 Å². The predicted octanol–water partition coefficient (Wildman–Crippen LogP) is 2.32. The second kappa shape index (κ2) is 8.38. The fourth-order valence-electron chi connectivity index (χ4n) is 4.70. The summed E-state index contributed by atoms with van der Waals surface area (Å²) >= 11 is 0. The van der Waals surface area contributed by atoms with Crippen molar-refractivity contribution in [3.63, 3.8) is 0 Å². The average molecular weight is 449 g/mol. The van der Waals surface area contributed by atoms with E-state index in [0.29, 0.717) is 17.9 Å². The lowest BCUT2D eigenvalue weighted by atomic mass is 9.96. The molecule has 8 heteroatoms. The molecular weight excluding hydrogens is 424 g/mol. The summed E-state index contributed by atoms with van der Waals surface area (Å²) in [5.74, 6) is 0.464. The van der Waals surface area contributed by atoms with E-state index in [2.05, 4.69) is 16.7 Å². The van der Waals surface area contributed by atoms with Crippen molar-refractivity contribution in [3.8, 4) is 23.3 Å². The molecule has 1 heterocycles. The Bertz CT molecular complexity index is 1230. The normalized spacial score (nSPS) is 22.7. The van der Waals surface area contributed by atoms with Crippen LogP contribution in [0.3, 0.4) is 0 Å². The molecule has 2 aliphatic rings. The van der Waals surface area contributed by atoms with Gasteiger partial charge in [0.1, 0.15) is 12.1 Å². The van der Waals surface area contributed by atoms with E-state index in [9.17, 15) is 23.7 Å². The van der Waals surface area contributed by atoms with Gasteiger partial charge >= 0.3 is 0 Å².